The number of oxazole rings is 1. The number of amides is 1. The number of likely N-dealkylation sites (tertiary alicyclic amines) is 1. The Kier molecular flexibility index (Phi) is 4.01. The van der Waals surface area contributed by atoms with Gasteiger partial charge < -0.3 is 14.1 Å². The number of ether oxygens (including phenoxy) is 1. The van der Waals surface area contributed by atoms with Crippen molar-refractivity contribution in [1.82, 2.24) is 14.8 Å². The monoisotopic (exact) mass is 315 g/mol. The number of morpholine rings is 1. The van der Waals surface area contributed by atoms with E-state index in [4.69, 9.17) is 9.15 Å². The van der Waals surface area contributed by atoms with Crippen molar-refractivity contribution in [3.63, 3.8) is 0 Å². The van der Waals surface area contributed by atoms with Crippen LogP contribution in [0.4, 0.5) is 0 Å². The molecular weight excluding hydrogens is 294 g/mol. The molecule has 1 unspecified atom stereocenters. The van der Waals surface area contributed by atoms with Crippen molar-refractivity contribution in [1.29, 1.82) is 0 Å². The number of rotatable bonds is 3. The lowest BCUT2D eigenvalue weighted by atomic mass is 10.2. The zero-order valence-electron chi connectivity index (χ0n) is 13.1. The minimum atomic E-state index is -0.0527. The van der Waals surface area contributed by atoms with E-state index >= 15 is 0 Å². The highest BCUT2D eigenvalue weighted by atomic mass is 16.5. The zero-order valence-corrected chi connectivity index (χ0v) is 13.1. The molecule has 23 heavy (non-hydrogen) atoms. The van der Waals surface area contributed by atoms with Crippen LogP contribution in [0.3, 0.4) is 0 Å². The van der Waals surface area contributed by atoms with Crippen LogP contribution in [0.5, 0.6) is 0 Å². The van der Waals surface area contributed by atoms with E-state index in [1.807, 2.05) is 29.2 Å². The van der Waals surface area contributed by atoms with E-state index in [0.29, 0.717) is 38.7 Å². The van der Waals surface area contributed by atoms with Gasteiger partial charge in [0.1, 0.15) is 5.52 Å². The van der Waals surface area contributed by atoms with Gasteiger partial charge in [0, 0.05) is 13.1 Å². The molecule has 2 aliphatic rings. The number of benzene rings is 1. The smallest absolute Gasteiger partial charge is 0.240 e. The Balaban J connectivity index is 1.47. The molecule has 3 heterocycles. The van der Waals surface area contributed by atoms with Crippen LogP contribution in [0.2, 0.25) is 0 Å². The summed E-state index contributed by atoms with van der Waals surface area (Å²) >= 11 is 0. The minimum Gasteiger partial charge on any atom is -0.439 e. The molecule has 122 valence electrons. The van der Waals surface area contributed by atoms with Crippen LogP contribution in [0.15, 0.2) is 28.7 Å². The minimum absolute atomic E-state index is 0.0527. The van der Waals surface area contributed by atoms with E-state index in [2.05, 4.69) is 9.88 Å². The first-order chi connectivity index (χ1) is 11.3. The van der Waals surface area contributed by atoms with Crippen molar-refractivity contribution in [2.45, 2.75) is 25.4 Å². The number of aromatic nitrogens is 1. The van der Waals surface area contributed by atoms with Gasteiger partial charge in [-0.3, -0.25) is 9.69 Å². The number of fused-ring (bicyclic) bond motifs is 1. The zero-order chi connectivity index (χ0) is 15.6. The van der Waals surface area contributed by atoms with Gasteiger partial charge in [0.2, 0.25) is 11.8 Å². The largest absolute Gasteiger partial charge is 0.439 e. The molecule has 1 aromatic heterocycles. The van der Waals surface area contributed by atoms with Crippen LogP contribution in [-0.2, 0) is 16.1 Å². The molecular formula is C17H21N3O3. The van der Waals surface area contributed by atoms with Crippen LogP contribution in [-0.4, -0.2) is 59.6 Å². The molecule has 1 atom stereocenters. The highest BCUT2D eigenvalue weighted by molar-refractivity contribution is 5.82. The Labute approximate surface area is 135 Å². The fourth-order valence-electron chi connectivity index (χ4n) is 3.45. The average molecular weight is 315 g/mol. The fraction of sp³-hybridized carbons (Fsp3) is 0.529. The fourth-order valence-corrected chi connectivity index (χ4v) is 3.45. The summed E-state index contributed by atoms with van der Waals surface area (Å²) in [7, 11) is 0. The van der Waals surface area contributed by atoms with Crippen molar-refractivity contribution in [2.75, 3.05) is 32.8 Å². The van der Waals surface area contributed by atoms with Gasteiger partial charge in [-0.1, -0.05) is 12.1 Å². The third-order valence-electron chi connectivity index (χ3n) is 4.65. The summed E-state index contributed by atoms with van der Waals surface area (Å²) in [6.45, 7) is 4.19. The second kappa shape index (κ2) is 6.29. The van der Waals surface area contributed by atoms with Crippen LogP contribution < -0.4 is 0 Å². The van der Waals surface area contributed by atoms with E-state index in [1.165, 1.54) is 0 Å². The molecule has 1 aromatic carbocycles. The predicted octanol–water partition coefficient (Wildman–Crippen LogP) is 1.65. The van der Waals surface area contributed by atoms with E-state index in [9.17, 15) is 4.79 Å². The molecule has 2 saturated heterocycles. The first kappa shape index (κ1) is 14.7. The van der Waals surface area contributed by atoms with Gasteiger partial charge in [-0.25, -0.2) is 4.98 Å². The van der Waals surface area contributed by atoms with Gasteiger partial charge in [-0.15, -0.1) is 0 Å². The number of hydrogen-bond donors (Lipinski definition) is 0. The summed E-state index contributed by atoms with van der Waals surface area (Å²) in [6, 6.07) is 7.71. The average Bonchev–Trinajstić information content (AvgIpc) is 3.21. The lowest BCUT2D eigenvalue weighted by molar-refractivity contribution is -0.140. The molecule has 0 aliphatic carbocycles. The third-order valence-corrected chi connectivity index (χ3v) is 4.65. The maximum Gasteiger partial charge on any atom is 0.240 e. The normalized spacial score (nSPS) is 22.8. The molecule has 2 aromatic rings. The van der Waals surface area contributed by atoms with Crippen molar-refractivity contribution >= 4 is 17.0 Å². The standard InChI is InChI=1S/C17H21N3O3/c21-17(19-8-10-22-11-9-19)14-5-3-7-20(14)12-16-18-13-4-1-2-6-15(13)23-16/h1-2,4,6,14H,3,5,7-12H2. The SMILES string of the molecule is O=C(C1CCCN1Cc1nc2ccccc2o1)N1CCOCC1. The Hall–Kier alpha value is -1.92. The van der Waals surface area contributed by atoms with Crippen LogP contribution in [0, 0.1) is 0 Å². The summed E-state index contributed by atoms with van der Waals surface area (Å²) in [6.07, 6.45) is 1.96. The molecule has 0 bridgehead atoms. The van der Waals surface area contributed by atoms with Crippen molar-refractivity contribution in [3.8, 4) is 0 Å². The Morgan fingerprint density at radius 3 is 2.87 bits per heavy atom. The van der Waals surface area contributed by atoms with E-state index in [0.717, 1.165) is 30.5 Å². The van der Waals surface area contributed by atoms with Gasteiger partial charge >= 0.3 is 0 Å². The molecule has 6 nitrogen and oxygen atoms in total. The summed E-state index contributed by atoms with van der Waals surface area (Å²) in [5.74, 6) is 0.912. The molecule has 6 heteroatoms. The first-order valence-electron chi connectivity index (χ1n) is 8.26. The number of carbonyl (C=O) groups is 1. The molecule has 4 rings (SSSR count). The van der Waals surface area contributed by atoms with Crippen molar-refractivity contribution < 1.29 is 13.9 Å². The highest BCUT2D eigenvalue weighted by Crippen LogP contribution is 2.23. The quantitative estimate of drug-likeness (QED) is 0.862. The maximum absolute atomic E-state index is 12.8. The number of nitrogens with zero attached hydrogens (tertiary/aromatic N) is 3. The Morgan fingerprint density at radius 2 is 2.04 bits per heavy atom. The van der Waals surface area contributed by atoms with Crippen molar-refractivity contribution in [3.05, 3.63) is 30.2 Å². The van der Waals surface area contributed by atoms with Crippen LogP contribution in [0.1, 0.15) is 18.7 Å². The van der Waals surface area contributed by atoms with Gasteiger partial charge in [0.25, 0.3) is 0 Å². The van der Waals surface area contributed by atoms with E-state index in [1.54, 1.807) is 0 Å². The highest BCUT2D eigenvalue weighted by Gasteiger charge is 2.34. The van der Waals surface area contributed by atoms with Crippen molar-refractivity contribution in [2.24, 2.45) is 0 Å². The van der Waals surface area contributed by atoms with Gasteiger partial charge in [-0.2, -0.15) is 0 Å². The second-order valence-corrected chi connectivity index (χ2v) is 6.14. The summed E-state index contributed by atoms with van der Waals surface area (Å²) in [5, 5.41) is 0. The Morgan fingerprint density at radius 1 is 1.22 bits per heavy atom. The van der Waals surface area contributed by atoms with Crippen LogP contribution >= 0.6 is 0 Å². The van der Waals surface area contributed by atoms with Gasteiger partial charge in [0.05, 0.1) is 25.8 Å². The lowest BCUT2D eigenvalue weighted by Crippen LogP contribution is -2.49. The van der Waals surface area contributed by atoms with Gasteiger partial charge in [0.15, 0.2) is 5.58 Å². The molecule has 2 aliphatic heterocycles. The molecule has 0 spiro atoms. The summed E-state index contributed by atoms with van der Waals surface area (Å²) in [5.41, 5.74) is 1.68. The second-order valence-electron chi connectivity index (χ2n) is 6.14. The number of hydrogen-bond acceptors (Lipinski definition) is 5. The lowest BCUT2D eigenvalue weighted by Gasteiger charge is -2.32. The predicted molar refractivity (Wildman–Crippen MR) is 84.8 cm³/mol. The molecule has 0 radical (unpaired) electrons. The summed E-state index contributed by atoms with van der Waals surface area (Å²) < 4.78 is 11.1. The Bertz CT molecular complexity index is 660. The molecule has 2 fully saturated rings. The summed E-state index contributed by atoms with van der Waals surface area (Å²) in [4.78, 5) is 21.4. The van der Waals surface area contributed by atoms with E-state index in [-0.39, 0.29) is 11.9 Å². The van der Waals surface area contributed by atoms with Crippen LogP contribution in [0.25, 0.3) is 11.1 Å². The van der Waals surface area contributed by atoms with E-state index < -0.39 is 0 Å². The third kappa shape index (κ3) is 2.96. The maximum atomic E-state index is 12.8. The number of carbonyl (C=O) groups excluding carboxylic acids is 1. The number of para-hydroxylation sites is 2. The molecule has 0 saturated carbocycles. The molecule has 0 N–H and O–H groups in total. The van der Waals surface area contributed by atoms with Gasteiger partial charge in [-0.05, 0) is 31.5 Å². The topological polar surface area (TPSA) is 58.8 Å². The molecule has 1 amide bonds. The first-order valence-corrected chi connectivity index (χ1v) is 8.26.